The number of rotatable bonds is 4. The minimum absolute atomic E-state index is 0.0827. The number of aryl methyl sites for hydroxylation is 1. The van der Waals surface area contributed by atoms with Gasteiger partial charge in [0.25, 0.3) is 5.56 Å². The minimum Gasteiger partial charge on any atom is -0.378 e. The minimum atomic E-state index is -0.106. The smallest absolute Gasteiger partial charge is 0.255 e. The predicted molar refractivity (Wildman–Crippen MR) is 107 cm³/mol. The van der Waals surface area contributed by atoms with Crippen molar-refractivity contribution < 1.29 is 9.53 Å². The van der Waals surface area contributed by atoms with Crippen LogP contribution < -0.4 is 15.8 Å². The molecule has 1 saturated heterocycles. The first-order valence-electron chi connectivity index (χ1n) is 9.63. The summed E-state index contributed by atoms with van der Waals surface area (Å²) >= 11 is 0. The van der Waals surface area contributed by atoms with Crippen LogP contribution in [-0.2, 0) is 22.5 Å². The van der Waals surface area contributed by atoms with Gasteiger partial charge in [-0.3, -0.25) is 14.5 Å². The highest BCUT2D eigenvalue weighted by atomic mass is 16.5. The van der Waals surface area contributed by atoms with Gasteiger partial charge in [-0.15, -0.1) is 0 Å². The SMILES string of the molecule is Cc1nc2c(c(=O)[nH]1)CN(CC(=O)Nc1ccccc1N1CCOCC1)CC2. The average molecular weight is 383 g/mol. The Morgan fingerprint density at radius 2 is 2.04 bits per heavy atom. The molecule has 0 atom stereocenters. The zero-order valence-corrected chi connectivity index (χ0v) is 16.0. The van der Waals surface area contributed by atoms with Crippen molar-refractivity contribution in [2.24, 2.45) is 0 Å². The first-order chi connectivity index (χ1) is 13.6. The largest absolute Gasteiger partial charge is 0.378 e. The Labute approximate surface area is 163 Å². The van der Waals surface area contributed by atoms with E-state index in [9.17, 15) is 9.59 Å². The molecule has 1 aromatic carbocycles. The van der Waals surface area contributed by atoms with Crippen molar-refractivity contribution in [3.8, 4) is 0 Å². The molecule has 3 heterocycles. The topological polar surface area (TPSA) is 90.6 Å². The molecular weight excluding hydrogens is 358 g/mol. The average Bonchev–Trinajstić information content (AvgIpc) is 2.69. The number of amides is 1. The zero-order chi connectivity index (χ0) is 19.5. The lowest BCUT2D eigenvalue weighted by Gasteiger charge is -2.31. The summed E-state index contributed by atoms with van der Waals surface area (Å²) in [6.07, 6.45) is 0.678. The van der Waals surface area contributed by atoms with Crippen LogP contribution in [0.15, 0.2) is 29.1 Å². The summed E-state index contributed by atoms with van der Waals surface area (Å²) in [6.45, 7) is 6.18. The second-order valence-corrected chi connectivity index (χ2v) is 7.20. The maximum Gasteiger partial charge on any atom is 0.255 e. The Hall–Kier alpha value is -2.71. The van der Waals surface area contributed by atoms with Crippen molar-refractivity contribution in [2.75, 3.05) is 49.6 Å². The molecule has 28 heavy (non-hydrogen) atoms. The molecule has 0 radical (unpaired) electrons. The zero-order valence-electron chi connectivity index (χ0n) is 16.0. The highest BCUT2D eigenvalue weighted by molar-refractivity contribution is 5.95. The Balaban J connectivity index is 1.42. The molecular formula is C20H25N5O3. The number of anilines is 2. The molecule has 1 amide bonds. The van der Waals surface area contributed by atoms with Crippen molar-refractivity contribution >= 4 is 17.3 Å². The predicted octanol–water partition coefficient (Wildman–Crippen LogP) is 0.912. The Kier molecular flexibility index (Phi) is 5.40. The Morgan fingerprint density at radius 3 is 2.86 bits per heavy atom. The van der Waals surface area contributed by atoms with E-state index < -0.39 is 0 Å². The third-order valence-corrected chi connectivity index (χ3v) is 5.16. The van der Waals surface area contributed by atoms with Gasteiger partial charge in [-0.05, 0) is 19.1 Å². The third-order valence-electron chi connectivity index (χ3n) is 5.16. The number of ether oxygens (including phenoxy) is 1. The lowest BCUT2D eigenvalue weighted by molar-refractivity contribution is -0.117. The van der Waals surface area contributed by atoms with Gasteiger partial charge in [0.05, 0.1) is 42.4 Å². The third kappa shape index (κ3) is 4.07. The van der Waals surface area contributed by atoms with E-state index in [0.717, 1.165) is 30.2 Å². The molecule has 148 valence electrons. The number of morpholine rings is 1. The van der Waals surface area contributed by atoms with Gasteiger partial charge in [-0.1, -0.05) is 12.1 Å². The molecule has 2 aromatic rings. The van der Waals surface area contributed by atoms with Crippen LogP contribution >= 0.6 is 0 Å². The monoisotopic (exact) mass is 383 g/mol. The number of para-hydroxylation sites is 2. The lowest BCUT2D eigenvalue weighted by Crippen LogP contribution is -2.40. The number of nitrogens with one attached hydrogen (secondary N) is 2. The molecule has 0 spiro atoms. The van der Waals surface area contributed by atoms with E-state index >= 15 is 0 Å². The molecule has 0 aliphatic carbocycles. The van der Waals surface area contributed by atoms with Crippen molar-refractivity contribution in [3.05, 3.63) is 51.7 Å². The van der Waals surface area contributed by atoms with E-state index in [1.165, 1.54) is 0 Å². The number of benzene rings is 1. The maximum atomic E-state index is 12.7. The molecule has 1 fully saturated rings. The van der Waals surface area contributed by atoms with Gasteiger partial charge in [0.15, 0.2) is 0 Å². The fraction of sp³-hybridized carbons (Fsp3) is 0.450. The van der Waals surface area contributed by atoms with Crippen LogP contribution in [0.2, 0.25) is 0 Å². The van der Waals surface area contributed by atoms with Crippen LogP contribution in [-0.4, -0.2) is 60.2 Å². The van der Waals surface area contributed by atoms with Gasteiger partial charge in [0.1, 0.15) is 5.82 Å². The molecule has 2 aliphatic heterocycles. The van der Waals surface area contributed by atoms with E-state index in [4.69, 9.17) is 4.74 Å². The van der Waals surface area contributed by atoms with Gasteiger partial charge in [-0.25, -0.2) is 4.98 Å². The number of hydrogen-bond acceptors (Lipinski definition) is 6. The normalized spacial score (nSPS) is 17.2. The molecule has 4 rings (SSSR count). The van der Waals surface area contributed by atoms with Crippen LogP contribution in [0, 0.1) is 6.92 Å². The van der Waals surface area contributed by atoms with Crippen LogP contribution in [0.25, 0.3) is 0 Å². The summed E-state index contributed by atoms with van der Waals surface area (Å²) in [5.74, 6) is 0.551. The van der Waals surface area contributed by atoms with E-state index in [1.54, 1.807) is 6.92 Å². The molecule has 8 heteroatoms. The standard InChI is InChI=1S/C20H25N5O3/c1-14-21-16-6-7-24(12-15(16)20(27)22-14)13-19(26)23-17-4-2-3-5-18(17)25-8-10-28-11-9-25/h2-5H,6-13H2,1H3,(H,23,26)(H,21,22,27). The summed E-state index contributed by atoms with van der Waals surface area (Å²) in [7, 11) is 0. The van der Waals surface area contributed by atoms with Crippen molar-refractivity contribution in [3.63, 3.8) is 0 Å². The number of nitrogens with zero attached hydrogens (tertiary/aromatic N) is 3. The number of aromatic nitrogens is 2. The van der Waals surface area contributed by atoms with E-state index in [2.05, 4.69) is 20.2 Å². The van der Waals surface area contributed by atoms with Crippen molar-refractivity contribution in [1.29, 1.82) is 0 Å². The van der Waals surface area contributed by atoms with Crippen LogP contribution in [0.5, 0.6) is 0 Å². The lowest BCUT2D eigenvalue weighted by atomic mass is 10.1. The highest BCUT2D eigenvalue weighted by Gasteiger charge is 2.23. The van der Waals surface area contributed by atoms with Crippen LogP contribution in [0.1, 0.15) is 17.1 Å². The van der Waals surface area contributed by atoms with E-state index in [0.29, 0.717) is 44.1 Å². The Morgan fingerprint density at radius 1 is 1.25 bits per heavy atom. The number of hydrogen-bond donors (Lipinski definition) is 2. The molecule has 0 unspecified atom stereocenters. The summed E-state index contributed by atoms with van der Waals surface area (Å²) in [5, 5.41) is 3.04. The number of fused-ring (bicyclic) bond motifs is 1. The molecule has 0 saturated carbocycles. The molecule has 2 N–H and O–H groups in total. The van der Waals surface area contributed by atoms with Gasteiger partial charge in [-0.2, -0.15) is 0 Å². The van der Waals surface area contributed by atoms with Crippen LogP contribution in [0.4, 0.5) is 11.4 Å². The number of carbonyl (C=O) groups excluding carboxylic acids is 1. The number of aromatic amines is 1. The fourth-order valence-electron chi connectivity index (χ4n) is 3.79. The molecule has 8 nitrogen and oxygen atoms in total. The van der Waals surface area contributed by atoms with E-state index in [1.807, 2.05) is 29.2 Å². The summed E-state index contributed by atoms with van der Waals surface area (Å²) in [6, 6.07) is 7.84. The molecule has 0 bridgehead atoms. The summed E-state index contributed by atoms with van der Waals surface area (Å²) < 4.78 is 5.42. The summed E-state index contributed by atoms with van der Waals surface area (Å²) in [4.78, 5) is 36.2. The second-order valence-electron chi connectivity index (χ2n) is 7.20. The van der Waals surface area contributed by atoms with Gasteiger partial charge < -0.3 is 19.9 Å². The van der Waals surface area contributed by atoms with Crippen molar-refractivity contribution in [2.45, 2.75) is 19.9 Å². The number of carbonyl (C=O) groups is 1. The van der Waals surface area contributed by atoms with Crippen molar-refractivity contribution in [1.82, 2.24) is 14.9 Å². The van der Waals surface area contributed by atoms with E-state index in [-0.39, 0.29) is 18.0 Å². The summed E-state index contributed by atoms with van der Waals surface area (Å²) in [5.41, 5.74) is 3.22. The molecule has 2 aliphatic rings. The quantitative estimate of drug-likeness (QED) is 0.816. The van der Waals surface area contributed by atoms with Gasteiger partial charge in [0, 0.05) is 32.6 Å². The maximum absolute atomic E-state index is 12.7. The first kappa shape index (κ1) is 18.6. The fourth-order valence-corrected chi connectivity index (χ4v) is 3.79. The van der Waals surface area contributed by atoms with Crippen LogP contribution in [0.3, 0.4) is 0 Å². The molecule has 1 aromatic heterocycles. The first-order valence-corrected chi connectivity index (χ1v) is 9.63. The highest BCUT2D eigenvalue weighted by Crippen LogP contribution is 2.26. The number of H-pyrrole nitrogens is 1. The Bertz CT molecular complexity index is 920. The van der Waals surface area contributed by atoms with Gasteiger partial charge in [0.2, 0.25) is 5.91 Å². The van der Waals surface area contributed by atoms with Gasteiger partial charge >= 0.3 is 0 Å². The second kappa shape index (κ2) is 8.12.